The third-order valence-electron chi connectivity index (χ3n) is 2.03. The second-order valence-electron chi connectivity index (χ2n) is 3.35. The molecule has 76 valence electrons. The van der Waals surface area contributed by atoms with E-state index in [-0.39, 0.29) is 5.82 Å². The highest BCUT2D eigenvalue weighted by atomic mass is 19.1. The first-order valence-electron chi connectivity index (χ1n) is 4.69. The number of hydrogen-bond acceptors (Lipinski definition) is 2. The molecule has 0 unspecified atom stereocenters. The van der Waals surface area contributed by atoms with Gasteiger partial charge in [0.2, 0.25) is 0 Å². The average Bonchev–Trinajstić information content (AvgIpc) is 2.25. The van der Waals surface area contributed by atoms with Crippen LogP contribution in [0.3, 0.4) is 0 Å². The number of nitrogens with zero attached hydrogens (tertiary/aromatic N) is 1. The number of benzene rings is 1. The molecule has 1 aromatic carbocycles. The van der Waals surface area contributed by atoms with Gasteiger partial charge in [0.15, 0.2) is 0 Å². The van der Waals surface area contributed by atoms with Gasteiger partial charge in [0.1, 0.15) is 11.6 Å². The lowest BCUT2D eigenvalue weighted by molar-refractivity contribution is 0.628. The minimum atomic E-state index is -0.239. The van der Waals surface area contributed by atoms with Gasteiger partial charge >= 0.3 is 0 Å². The van der Waals surface area contributed by atoms with E-state index in [1.165, 1.54) is 12.1 Å². The average molecular weight is 202 g/mol. The molecule has 0 aliphatic heterocycles. The van der Waals surface area contributed by atoms with Crippen molar-refractivity contribution >= 4 is 11.5 Å². The highest BCUT2D eigenvalue weighted by Crippen LogP contribution is 2.14. The summed E-state index contributed by atoms with van der Waals surface area (Å²) in [6.07, 6.45) is 1.78. The van der Waals surface area contributed by atoms with E-state index in [2.05, 4.69) is 10.3 Å². The topological polar surface area (TPSA) is 24.9 Å². The second-order valence-corrected chi connectivity index (χ2v) is 3.35. The van der Waals surface area contributed by atoms with E-state index >= 15 is 0 Å². The van der Waals surface area contributed by atoms with E-state index in [4.69, 9.17) is 0 Å². The largest absolute Gasteiger partial charge is 0.340 e. The molecule has 0 saturated carbocycles. The Kier molecular flexibility index (Phi) is 2.63. The van der Waals surface area contributed by atoms with Crippen LogP contribution >= 0.6 is 0 Å². The Bertz CT molecular complexity index is 391. The fourth-order valence-electron chi connectivity index (χ4n) is 1.22. The normalized spacial score (nSPS) is 10.0. The highest BCUT2D eigenvalue weighted by molar-refractivity contribution is 5.55. The van der Waals surface area contributed by atoms with Crippen molar-refractivity contribution < 1.29 is 4.39 Å². The van der Waals surface area contributed by atoms with E-state index in [0.29, 0.717) is 0 Å². The molecular formula is C12H11FN2. The summed E-state index contributed by atoms with van der Waals surface area (Å²) in [5.74, 6) is 0.518. The Balaban J connectivity index is 2.15. The van der Waals surface area contributed by atoms with E-state index in [9.17, 15) is 4.39 Å². The third kappa shape index (κ3) is 2.53. The zero-order chi connectivity index (χ0) is 10.7. The molecule has 0 atom stereocenters. The molecule has 3 heteroatoms. The molecule has 0 aliphatic rings. The van der Waals surface area contributed by atoms with Crippen LogP contribution in [0.4, 0.5) is 15.9 Å². The molecule has 1 N–H and O–H groups in total. The van der Waals surface area contributed by atoms with E-state index < -0.39 is 0 Å². The van der Waals surface area contributed by atoms with Crippen molar-refractivity contribution in [2.75, 3.05) is 5.32 Å². The van der Waals surface area contributed by atoms with Crippen molar-refractivity contribution in [1.29, 1.82) is 0 Å². The molecule has 0 aliphatic carbocycles. The molecule has 0 saturated heterocycles. The highest BCUT2D eigenvalue weighted by Gasteiger charge is 1.95. The predicted octanol–water partition coefficient (Wildman–Crippen LogP) is 3.27. The third-order valence-corrected chi connectivity index (χ3v) is 2.03. The summed E-state index contributed by atoms with van der Waals surface area (Å²) in [6.45, 7) is 1.98. The molecule has 2 aromatic rings. The van der Waals surface area contributed by atoms with Gasteiger partial charge in [-0.25, -0.2) is 9.37 Å². The molecule has 1 aromatic heterocycles. The van der Waals surface area contributed by atoms with Gasteiger partial charge < -0.3 is 5.32 Å². The molecule has 0 fully saturated rings. The van der Waals surface area contributed by atoms with Crippen molar-refractivity contribution in [3.8, 4) is 0 Å². The van der Waals surface area contributed by atoms with Crippen LogP contribution in [0.25, 0.3) is 0 Å². The fraction of sp³-hybridized carbons (Fsp3) is 0.0833. The summed E-state index contributed by atoms with van der Waals surface area (Å²) >= 11 is 0. The fourth-order valence-corrected chi connectivity index (χ4v) is 1.22. The lowest BCUT2D eigenvalue weighted by atomic mass is 10.3. The Morgan fingerprint density at radius 2 is 1.80 bits per heavy atom. The Morgan fingerprint density at radius 1 is 1.07 bits per heavy atom. The molecule has 15 heavy (non-hydrogen) atoms. The van der Waals surface area contributed by atoms with Crippen molar-refractivity contribution in [3.63, 3.8) is 0 Å². The molecule has 0 bridgehead atoms. The first kappa shape index (κ1) is 9.65. The maximum Gasteiger partial charge on any atom is 0.130 e. The van der Waals surface area contributed by atoms with E-state index in [0.717, 1.165) is 17.1 Å². The van der Waals surface area contributed by atoms with Crippen LogP contribution in [0.15, 0.2) is 42.6 Å². The Labute approximate surface area is 87.8 Å². The van der Waals surface area contributed by atoms with Crippen LogP contribution in [0.5, 0.6) is 0 Å². The van der Waals surface area contributed by atoms with Gasteiger partial charge in [-0.2, -0.15) is 0 Å². The molecule has 2 nitrogen and oxygen atoms in total. The van der Waals surface area contributed by atoms with Gasteiger partial charge in [-0.15, -0.1) is 0 Å². The van der Waals surface area contributed by atoms with Crippen LogP contribution in [0, 0.1) is 12.7 Å². The zero-order valence-electron chi connectivity index (χ0n) is 8.37. The van der Waals surface area contributed by atoms with Crippen LogP contribution in [0.2, 0.25) is 0 Å². The summed E-state index contributed by atoms with van der Waals surface area (Å²) < 4.78 is 12.6. The lowest BCUT2D eigenvalue weighted by Crippen LogP contribution is -1.93. The number of pyridine rings is 1. The predicted molar refractivity (Wildman–Crippen MR) is 58.7 cm³/mol. The van der Waals surface area contributed by atoms with Gasteiger partial charge in [-0.3, -0.25) is 0 Å². The van der Waals surface area contributed by atoms with Gasteiger partial charge in [-0.05, 0) is 42.8 Å². The van der Waals surface area contributed by atoms with Crippen molar-refractivity contribution in [1.82, 2.24) is 4.98 Å². The standard InChI is InChI=1S/C12H11FN2/c1-9-2-7-12(14-8-9)15-11-5-3-10(13)4-6-11/h2-8H,1H3,(H,14,15). The SMILES string of the molecule is Cc1ccc(Nc2ccc(F)cc2)nc1. The molecule has 2 rings (SSSR count). The summed E-state index contributed by atoms with van der Waals surface area (Å²) in [5, 5.41) is 3.08. The molecule has 0 radical (unpaired) electrons. The quantitative estimate of drug-likeness (QED) is 0.808. The first-order chi connectivity index (χ1) is 7.24. The van der Waals surface area contributed by atoms with Crippen LogP contribution in [0.1, 0.15) is 5.56 Å². The summed E-state index contributed by atoms with van der Waals surface area (Å²) in [7, 11) is 0. The van der Waals surface area contributed by atoms with E-state index in [1.807, 2.05) is 19.1 Å². The van der Waals surface area contributed by atoms with Crippen LogP contribution in [-0.4, -0.2) is 4.98 Å². The van der Waals surface area contributed by atoms with Gasteiger partial charge in [0.05, 0.1) is 0 Å². The lowest BCUT2D eigenvalue weighted by Gasteiger charge is -2.04. The van der Waals surface area contributed by atoms with Gasteiger partial charge in [0.25, 0.3) is 0 Å². The van der Waals surface area contributed by atoms with Crippen LogP contribution < -0.4 is 5.32 Å². The maximum absolute atomic E-state index is 12.6. The van der Waals surface area contributed by atoms with Crippen molar-refractivity contribution in [3.05, 3.63) is 54.0 Å². The molecule has 1 heterocycles. The minimum absolute atomic E-state index is 0.239. The molecular weight excluding hydrogens is 191 g/mol. The summed E-state index contributed by atoms with van der Waals surface area (Å²) in [4.78, 5) is 4.19. The second kappa shape index (κ2) is 4.09. The van der Waals surface area contributed by atoms with Gasteiger partial charge in [-0.1, -0.05) is 6.07 Å². The van der Waals surface area contributed by atoms with Crippen molar-refractivity contribution in [2.45, 2.75) is 6.92 Å². The number of aromatic nitrogens is 1. The zero-order valence-corrected chi connectivity index (χ0v) is 8.37. The number of rotatable bonds is 2. The summed E-state index contributed by atoms with van der Waals surface area (Å²) in [6, 6.07) is 10.0. The monoisotopic (exact) mass is 202 g/mol. The molecule has 0 spiro atoms. The molecule has 0 amide bonds. The smallest absolute Gasteiger partial charge is 0.130 e. The van der Waals surface area contributed by atoms with Gasteiger partial charge in [0, 0.05) is 11.9 Å². The Hall–Kier alpha value is -1.90. The number of hydrogen-bond donors (Lipinski definition) is 1. The maximum atomic E-state index is 12.6. The number of anilines is 2. The van der Waals surface area contributed by atoms with E-state index in [1.54, 1.807) is 18.3 Å². The number of halogens is 1. The Morgan fingerprint density at radius 3 is 2.40 bits per heavy atom. The minimum Gasteiger partial charge on any atom is -0.340 e. The number of nitrogens with one attached hydrogen (secondary N) is 1. The van der Waals surface area contributed by atoms with Crippen molar-refractivity contribution in [2.24, 2.45) is 0 Å². The first-order valence-corrected chi connectivity index (χ1v) is 4.69. The van der Waals surface area contributed by atoms with Crippen LogP contribution in [-0.2, 0) is 0 Å². The number of aryl methyl sites for hydroxylation is 1. The summed E-state index contributed by atoms with van der Waals surface area (Å²) in [5.41, 5.74) is 1.94.